The lowest BCUT2D eigenvalue weighted by molar-refractivity contribution is -0.142. The molecular formula is C8H16N2O3. The minimum absolute atomic E-state index is 0.440. The van der Waals surface area contributed by atoms with Gasteiger partial charge in [-0.25, -0.2) is 0 Å². The zero-order valence-corrected chi connectivity index (χ0v) is 8.13. The van der Waals surface area contributed by atoms with Crippen LogP contribution in [0.25, 0.3) is 0 Å². The summed E-state index contributed by atoms with van der Waals surface area (Å²) in [5.41, 5.74) is 4.61. The third kappa shape index (κ3) is 3.42. The largest absolute Gasteiger partial charge is 0.480 e. The fourth-order valence-electron chi connectivity index (χ4n) is 0.584. The number of carboxylic acid groups (broad SMARTS) is 1. The van der Waals surface area contributed by atoms with E-state index in [-0.39, 0.29) is 0 Å². The summed E-state index contributed by atoms with van der Waals surface area (Å²) < 4.78 is 0. The van der Waals surface area contributed by atoms with E-state index in [1.807, 2.05) is 0 Å². The van der Waals surface area contributed by atoms with Crippen molar-refractivity contribution in [2.45, 2.75) is 38.8 Å². The minimum atomic E-state index is -1.07. The van der Waals surface area contributed by atoms with Gasteiger partial charge >= 0.3 is 5.97 Å². The van der Waals surface area contributed by atoms with Crippen molar-refractivity contribution < 1.29 is 14.7 Å². The fraction of sp³-hybridized carbons (Fsp3) is 0.750. The molecule has 0 spiro atoms. The first-order valence-corrected chi connectivity index (χ1v) is 4.14. The number of carbonyl (C=O) groups is 2. The Balaban J connectivity index is 4.23. The number of nitrogens with one attached hydrogen (secondary N) is 1. The van der Waals surface area contributed by atoms with Crippen molar-refractivity contribution in [1.82, 2.24) is 5.32 Å². The molecule has 0 aliphatic heterocycles. The van der Waals surface area contributed by atoms with E-state index in [9.17, 15) is 9.59 Å². The van der Waals surface area contributed by atoms with E-state index in [0.717, 1.165) is 0 Å². The number of rotatable bonds is 4. The topological polar surface area (TPSA) is 92.4 Å². The second-order valence-corrected chi connectivity index (χ2v) is 3.30. The Labute approximate surface area is 77.3 Å². The number of amides is 1. The molecule has 0 saturated carbocycles. The number of aliphatic carboxylic acids is 1. The standard InChI is InChI=1S/C8H16N2O3/c1-4-8(3,9)7(13)10-5(2)6(11)12/h5H,4,9H2,1-3H3,(H,10,13)(H,11,12). The van der Waals surface area contributed by atoms with Crippen molar-refractivity contribution in [1.29, 1.82) is 0 Å². The number of carboxylic acids is 1. The molecule has 1 amide bonds. The van der Waals surface area contributed by atoms with Gasteiger partial charge in [0.25, 0.3) is 0 Å². The van der Waals surface area contributed by atoms with Crippen LogP contribution in [0.3, 0.4) is 0 Å². The molecule has 0 heterocycles. The monoisotopic (exact) mass is 188 g/mol. The van der Waals surface area contributed by atoms with Crippen molar-refractivity contribution in [2.75, 3.05) is 0 Å². The van der Waals surface area contributed by atoms with Gasteiger partial charge < -0.3 is 16.2 Å². The highest BCUT2D eigenvalue weighted by Gasteiger charge is 2.28. The fourth-order valence-corrected chi connectivity index (χ4v) is 0.584. The first-order chi connectivity index (χ1) is 5.81. The van der Waals surface area contributed by atoms with Gasteiger partial charge in [-0.15, -0.1) is 0 Å². The van der Waals surface area contributed by atoms with Gasteiger partial charge in [-0.05, 0) is 20.3 Å². The van der Waals surface area contributed by atoms with E-state index in [1.165, 1.54) is 6.92 Å². The average molecular weight is 188 g/mol. The van der Waals surface area contributed by atoms with E-state index in [2.05, 4.69) is 5.32 Å². The Morgan fingerprint density at radius 2 is 2.08 bits per heavy atom. The van der Waals surface area contributed by atoms with Crippen LogP contribution >= 0.6 is 0 Å². The molecule has 0 aromatic heterocycles. The Kier molecular flexibility index (Phi) is 3.87. The molecule has 5 nitrogen and oxygen atoms in total. The minimum Gasteiger partial charge on any atom is -0.480 e. The smallest absolute Gasteiger partial charge is 0.325 e. The van der Waals surface area contributed by atoms with Crippen molar-refractivity contribution in [3.8, 4) is 0 Å². The van der Waals surface area contributed by atoms with Crippen LogP contribution in [0.15, 0.2) is 0 Å². The van der Waals surface area contributed by atoms with Crippen LogP contribution < -0.4 is 11.1 Å². The molecule has 0 aliphatic rings. The van der Waals surface area contributed by atoms with Gasteiger partial charge in [-0.1, -0.05) is 6.92 Å². The van der Waals surface area contributed by atoms with Gasteiger partial charge in [0.05, 0.1) is 5.54 Å². The summed E-state index contributed by atoms with van der Waals surface area (Å²) >= 11 is 0. The van der Waals surface area contributed by atoms with Crippen molar-refractivity contribution in [3.63, 3.8) is 0 Å². The molecule has 13 heavy (non-hydrogen) atoms. The molecule has 0 bridgehead atoms. The zero-order chi connectivity index (χ0) is 10.6. The predicted octanol–water partition coefficient (Wildman–Crippen LogP) is -0.297. The van der Waals surface area contributed by atoms with Crippen LogP contribution in [0.2, 0.25) is 0 Å². The molecule has 0 rings (SSSR count). The first kappa shape index (κ1) is 11.9. The van der Waals surface area contributed by atoms with Crippen LogP contribution in [-0.2, 0) is 9.59 Å². The zero-order valence-electron chi connectivity index (χ0n) is 8.13. The molecule has 0 radical (unpaired) electrons. The van der Waals surface area contributed by atoms with Crippen molar-refractivity contribution >= 4 is 11.9 Å². The van der Waals surface area contributed by atoms with E-state index in [1.54, 1.807) is 13.8 Å². The van der Waals surface area contributed by atoms with Crippen LogP contribution in [0.5, 0.6) is 0 Å². The molecule has 76 valence electrons. The van der Waals surface area contributed by atoms with E-state index in [0.29, 0.717) is 6.42 Å². The SMILES string of the molecule is CCC(C)(N)C(=O)NC(C)C(=O)O. The molecule has 0 aromatic carbocycles. The Bertz CT molecular complexity index is 213. The van der Waals surface area contributed by atoms with Gasteiger partial charge in [-0.2, -0.15) is 0 Å². The number of hydrogen-bond acceptors (Lipinski definition) is 3. The van der Waals surface area contributed by atoms with E-state index in [4.69, 9.17) is 10.8 Å². The molecule has 5 heteroatoms. The maximum atomic E-state index is 11.3. The quantitative estimate of drug-likeness (QED) is 0.565. The van der Waals surface area contributed by atoms with Crippen LogP contribution in [0, 0.1) is 0 Å². The maximum absolute atomic E-state index is 11.3. The summed E-state index contributed by atoms with van der Waals surface area (Å²) in [4.78, 5) is 21.7. The van der Waals surface area contributed by atoms with Crippen molar-refractivity contribution in [2.24, 2.45) is 5.73 Å². The van der Waals surface area contributed by atoms with Crippen molar-refractivity contribution in [3.05, 3.63) is 0 Å². The third-order valence-electron chi connectivity index (χ3n) is 1.97. The normalized spacial score (nSPS) is 17.2. The predicted molar refractivity (Wildman–Crippen MR) is 48.1 cm³/mol. The Hall–Kier alpha value is -1.10. The molecule has 0 saturated heterocycles. The highest BCUT2D eigenvalue weighted by atomic mass is 16.4. The van der Waals surface area contributed by atoms with Crippen LogP contribution in [-0.4, -0.2) is 28.6 Å². The van der Waals surface area contributed by atoms with Gasteiger partial charge in [-0.3, -0.25) is 9.59 Å². The molecule has 0 aromatic rings. The molecule has 2 atom stereocenters. The summed E-state index contributed by atoms with van der Waals surface area (Å²) in [6.45, 7) is 4.73. The summed E-state index contributed by atoms with van der Waals surface area (Å²) in [5.74, 6) is -1.51. The number of nitrogens with two attached hydrogens (primary N) is 1. The molecule has 2 unspecified atom stereocenters. The second-order valence-electron chi connectivity index (χ2n) is 3.30. The molecular weight excluding hydrogens is 172 g/mol. The summed E-state index contributed by atoms with van der Waals surface area (Å²) in [7, 11) is 0. The third-order valence-corrected chi connectivity index (χ3v) is 1.97. The summed E-state index contributed by atoms with van der Waals surface area (Å²) in [5, 5.41) is 10.8. The Morgan fingerprint density at radius 3 is 2.38 bits per heavy atom. The lowest BCUT2D eigenvalue weighted by Crippen LogP contribution is -2.54. The van der Waals surface area contributed by atoms with E-state index < -0.39 is 23.5 Å². The first-order valence-electron chi connectivity index (χ1n) is 4.14. The van der Waals surface area contributed by atoms with Gasteiger partial charge in [0, 0.05) is 0 Å². The summed E-state index contributed by atoms with van der Waals surface area (Å²) in [6.07, 6.45) is 0.463. The lowest BCUT2D eigenvalue weighted by Gasteiger charge is -2.22. The van der Waals surface area contributed by atoms with Gasteiger partial charge in [0.15, 0.2) is 0 Å². The molecule has 0 fully saturated rings. The van der Waals surface area contributed by atoms with E-state index >= 15 is 0 Å². The molecule has 0 aliphatic carbocycles. The van der Waals surface area contributed by atoms with Gasteiger partial charge in [0.1, 0.15) is 6.04 Å². The average Bonchev–Trinajstić information content (AvgIpc) is 2.04. The second kappa shape index (κ2) is 4.23. The summed E-state index contributed by atoms with van der Waals surface area (Å²) in [6, 6.07) is -0.901. The van der Waals surface area contributed by atoms with Gasteiger partial charge in [0.2, 0.25) is 5.91 Å². The molecule has 4 N–H and O–H groups in total. The Morgan fingerprint density at radius 1 is 1.62 bits per heavy atom. The number of hydrogen-bond donors (Lipinski definition) is 3. The van der Waals surface area contributed by atoms with Crippen LogP contribution in [0.4, 0.5) is 0 Å². The number of carbonyl (C=O) groups excluding carboxylic acids is 1. The lowest BCUT2D eigenvalue weighted by atomic mass is 9.99. The highest BCUT2D eigenvalue weighted by Crippen LogP contribution is 2.04. The highest BCUT2D eigenvalue weighted by molar-refractivity contribution is 5.89. The maximum Gasteiger partial charge on any atom is 0.325 e. The van der Waals surface area contributed by atoms with Crippen LogP contribution in [0.1, 0.15) is 27.2 Å².